The molecule has 2 aromatic rings. The lowest BCUT2D eigenvalue weighted by Crippen LogP contribution is -2.12. The van der Waals surface area contributed by atoms with E-state index in [-0.39, 0.29) is 6.10 Å². The molecule has 0 aliphatic carbocycles. The van der Waals surface area contributed by atoms with E-state index in [1.165, 1.54) is 0 Å². The molecule has 4 nitrogen and oxygen atoms in total. The number of rotatable bonds is 7. The molecule has 0 spiro atoms. The Labute approximate surface area is 142 Å². The van der Waals surface area contributed by atoms with Crippen molar-refractivity contribution in [2.45, 2.75) is 32.8 Å². The van der Waals surface area contributed by atoms with Crippen LogP contribution in [0.2, 0.25) is 0 Å². The Kier molecular flexibility index (Phi) is 5.26. The second-order valence-electron chi connectivity index (χ2n) is 5.73. The van der Waals surface area contributed by atoms with Crippen LogP contribution < -0.4 is 18.9 Å². The monoisotopic (exact) mass is 326 g/mol. The lowest BCUT2D eigenvalue weighted by molar-refractivity contribution is 0.209. The fourth-order valence-corrected chi connectivity index (χ4v) is 2.46. The van der Waals surface area contributed by atoms with Gasteiger partial charge in [-0.05, 0) is 49.7 Å². The van der Waals surface area contributed by atoms with E-state index in [1.807, 2.05) is 48.5 Å². The summed E-state index contributed by atoms with van der Waals surface area (Å²) in [5.41, 5.74) is 0. The van der Waals surface area contributed by atoms with Gasteiger partial charge in [-0.3, -0.25) is 0 Å². The van der Waals surface area contributed by atoms with Gasteiger partial charge in [0.15, 0.2) is 17.3 Å². The van der Waals surface area contributed by atoms with Gasteiger partial charge in [0, 0.05) is 0 Å². The molecule has 2 aromatic carbocycles. The first kappa shape index (κ1) is 16.2. The normalized spacial score (nSPS) is 13.8. The molecule has 0 fully saturated rings. The van der Waals surface area contributed by atoms with Crippen LogP contribution in [0.15, 0.2) is 60.6 Å². The third-order valence-corrected chi connectivity index (χ3v) is 3.64. The summed E-state index contributed by atoms with van der Waals surface area (Å²) < 4.78 is 22.8. The van der Waals surface area contributed by atoms with Gasteiger partial charge in [-0.2, -0.15) is 0 Å². The fraction of sp³-hybridized carbons (Fsp3) is 0.300. The first-order valence-corrected chi connectivity index (χ1v) is 8.26. The number of hydrogen-bond acceptors (Lipinski definition) is 4. The molecule has 0 N–H and O–H groups in total. The minimum atomic E-state index is 0.222. The van der Waals surface area contributed by atoms with Crippen LogP contribution in [0.3, 0.4) is 0 Å². The number of hydrogen-bond donors (Lipinski definition) is 0. The maximum absolute atomic E-state index is 5.83. The molecule has 3 rings (SSSR count). The first-order chi connectivity index (χ1) is 11.7. The van der Waals surface area contributed by atoms with Crippen molar-refractivity contribution in [1.82, 2.24) is 0 Å². The molecule has 0 saturated carbocycles. The van der Waals surface area contributed by atoms with Crippen LogP contribution in [-0.4, -0.2) is 12.7 Å². The zero-order valence-electron chi connectivity index (χ0n) is 14.0. The van der Waals surface area contributed by atoms with Crippen LogP contribution in [-0.2, 0) is 0 Å². The van der Waals surface area contributed by atoms with Gasteiger partial charge >= 0.3 is 0 Å². The minimum Gasteiger partial charge on any atom is -0.491 e. The Balaban J connectivity index is 1.51. The van der Waals surface area contributed by atoms with E-state index < -0.39 is 0 Å². The summed E-state index contributed by atoms with van der Waals surface area (Å²) >= 11 is 0. The SMILES string of the molecule is CCCC(C)Oc1ccc(OCC2=COc3ccccc3O2)cc1. The van der Waals surface area contributed by atoms with Crippen LogP contribution >= 0.6 is 0 Å². The molecule has 1 atom stereocenters. The Morgan fingerprint density at radius 3 is 2.42 bits per heavy atom. The van der Waals surface area contributed by atoms with Gasteiger partial charge in [0.1, 0.15) is 24.4 Å². The molecule has 0 amide bonds. The molecule has 126 valence electrons. The van der Waals surface area contributed by atoms with Gasteiger partial charge < -0.3 is 18.9 Å². The van der Waals surface area contributed by atoms with Crippen molar-refractivity contribution in [1.29, 1.82) is 0 Å². The van der Waals surface area contributed by atoms with Crippen molar-refractivity contribution in [2.75, 3.05) is 6.61 Å². The molecule has 0 aromatic heterocycles. The zero-order valence-corrected chi connectivity index (χ0v) is 14.0. The summed E-state index contributed by atoms with van der Waals surface area (Å²) in [6.07, 6.45) is 3.96. The van der Waals surface area contributed by atoms with Crippen LogP contribution in [0.1, 0.15) is 26.7 Å². The molecule has 0 bridgehead atoms. The van der Waals surface area contributed by atoms with Crippen molar-refractivity contribution in [3.63, 3.8) is 0 Å². The number of benzene rings is 2. The summed E-state index contributed by atoms with van der Waals surface area (Å²) in [7, 11) is 0. The quantitative estimate of drug-likeness (QED) is 0.722. The number of para-hydroxylation sites is 2. The standard InChI is InChI=1S/C20H22O4/c1-3-6-15(2)23-17-11-9-16(10-12-17)21-13-18-14-22-19-7-4-5-8-20(19)24-18/h4-5,7-12,14-15H,3,6,13H2,1-2H3. The van der Waals surface area contributed by atoms with E-state index >= 15 is 0 Å². The third kappa shape index (κ3) is 4.22. The average molecular weight is 326 g/mol. The minimum absolute atomic E-state index is 0.222. The van der Waals surface area contributed by atoms with Crippen LogP contribution in [0, 0.1) is 0 Å². The van der Waals surface area contributed by atoms with E-state index in [0.717, 1.165) is 24.3 Å². The van der Waals surface area contributed by atoms with Crippen LogP contribution in [0.25, 0.3) is 0 Å². The zero-order chi connectivity index (χ0) is 16.8. The number of fused-ring (bicyclic) bond motifs is 1. The molecule has 1 aliphatic rings. The molecule has 24 heavy (non-hydrogen) atoms. The molecular weight excluding hydrogens is 304 g/mol. The van der Waals surface area contributed by atoms with E-state index in [9.17, 15) is 0 Å². The fourth-order valence-electron chi connectivity index (χ4n) is 2.46. The molecule has 1 aliphatic heterocycles. The van der Waals surface area contributed by atoms with Crippen molar-refractivity contribution in [3.05, 3.63) is 60.6 Å². The van der Waals surface area contributed by atoms with Crippen molar-refractivity contribution >= 4 is 0 Å². The largest absolute Gasteiger partial charge is 0.491 e. The Hall–Kier alpha value is -2.62. The average Bonchev–Trinajstić information content (AvgIpc) is 2.61. The van der Waals surface area contributed by atoms with Crippen molar-refractivity contribution < 1.29 is 18.9 Å². The highest BCUT2D eigenvalue weighted by molar-refractivity contribution is 5.42. The highest BCUT2D eigenvalue weighted by Crippen LogP contribution is 2.31. The third-order valence-electron chi connectivity index (χ3n) is 3.64. The van der Waals surface area contributed by atoms with Crippen molar-refractivity contribution in [3.8, 4) is 23.0 Å². The van der Waals surface area contributed by atoms with E-state index in [1.54, 1.807) is 6.26 Å². The van der Waals surface area contributed by atoms with Gasteiger partial charge in [0.25, 0.3) is 0 Å². The second kappa shape index (κ2) is 7.77. The number of ether oxygens (including phenoxy) is 4. The second-order valence-corrected chi connectivity index (χ2v) is 5.73. The van der Waals surface area contributed by atoms with Gasteiger partial charge in [-0.15, -0.1) is 0 Å². The lowest BCUT2D eigenvalue weighted by atomic mass is 10.2. The summed E-state index contributed by atoms with van der Waals surface area (Å²) in [4.78, 5) is 0. The predicted octanol–water partition coefficient (Wildman–Crippen LogP) is 4.95. The molecule has 4 heteroatoms. The van der Waals surface area contributed by atoms with E-state index in [4.69, 9.17) is 18.9 Å². The topological polar surface area (TPSA) is 36.9 Å². The Morgan fingerprint density at radius 1 is 0.958 bits per heavy atom. The van der Waals surface area contributed by atoms with E-state index in [0.29, 0.717) is 23.9 Å². The van der Waals surface area contributed by atoms with Crippen molar-refractivity contribution in [2.24, 2.45) is 0 Å². The maximum atomic E-state index is 5.83. The summed E-state index contributed by atoms with van der Waals surface area (Å²) in [5.74, 6) is 3.66. The van der Waals surface area contributed by atoms with Gasteiger partial charge in [0.05, 0.1) is 6.10 Å². The highest BCUT2D eigenvalue weighted by atomic mass is 16.6. The summed E-state index contributed by atoms with van der Waals surface area (Å²) in [6, 6.07) is 15.2. The molecule has 1 unspecified atom stereocenters. The van der Waals surface area contributed by atoms with Gasteiger partial charge in [-0.1, -0.05) is 25.5 Å². The van der Waals surface area contributed by atoms with E-state index in [2.05, 4.69) is 13.8 Å². The highest BCUT2D eigenvalue weighted by Gasteiger charge is 2.13. The summed E-state index contributed by atoms with van der Waals surface area (Å²) in [6.45, 7) is 4.54. The first-order valence-electron chi connectivity index (χ1n) is 8.26. The van der Waals surface area contributed by atoms with Gasteiger partial charge in [-0.25, -0.2) is 0 Å². The van der Waals surface area contributed by atoms with Crippen LogP contribution in [0.5, 0.6) is 23.0 Å². The maximum Gasteiger partial charge on any atom is 0.177 e. The van der Waals surface area contributed by atoms with Gasteiger partial charge in [0.2, 0.25) is 0 Å². The molecule has 0 radical (unpaired) electrons. The molecule has 1 heterocycles. The smallest absolute Gasteiger partial charge is 0.177 e. The summed E-state index contributed by atoms with van der Waals surface area (Å²) in [5, 5.41) is 0. The lowest BCUT2D eigenvalue weighted by Gasteiger charge is -2.18. The molecular formula is C20H22O4. The molecule has 0 saturated heterocycles. The Morgan fingerprint density at radius 2 is 1.67 bits per heavy atom. The Bertz CT molecular complexity index is 691. The van der Waals surface area contributed by atoms with Crippen LogP contribution in [0.4, 0.5) is 0 Å². The predicted molar refractivity (Wildman–Crippen MR) is 92.7 cm³/mol.